The van der Waals surface area contributed by atoms with E-state index in [0.717, 1.165) is 12.1 Å². The third-order valence-electron chi connectivity index (χ3n) is 3.38. The van der Waals surface area contributed by atoms with Gasteiger partial charge >= 0.3 is 5.97 Å². The summed E-state index contributed by atoms with van der Waals surface area (Å²) in [6.07, 6.45) is 0. The van der Waals surface area contributed by atoms with Crippen molar-refractivity contribution in [3.05, 3.63) is 39.9 Å². The molecule has 0 spiro atoms. The monoisotopic (exact) mass is 298 g/mol. The van der Waals surface area contributed by atoms with Crippen molar-refractivity contribution in [2.75, 3.05) is 7.11 Å². The van der Waals surface area contributed by atoms with Gasteiger partial charge in [0, 0.05) is 6.07 Å². The van der Waals surface area contributed by atoms with Gasteiger partial charge < -0.3 is 4.74 Å². The molecule has 4 nitrogen and oxygen atoms in total. The predicted octanol–water partition coefficient (Wildman–Crippen LogP) is 1.15. The highest BCUT2D eigenvalue weighted by Gasteiger charge is 2.50. The predicted molar refractivity (Wildman–Crippen MR) is 67.4 cm³/mol. The number of ketones is 1. The third kappa shape index (κ3) is 1.63. The van der Waals surface area contributed by atoms with E-state index >= 15 is 0 Å². The Morgan fingerprint density at radius 3 is 2.60 bits per heavy atom. The molecule has 2 heterocycles. The van der Waals surface area contributed by atoms with Crippen molar-refractivity contribution in [1.29, 1.82) is 0 Å². The zero-order chi connectivity index (χ0) is 14.6. The molecule has 7 heteroatoms. The molecule has 2 aliphatic rings. The van der Waals surface area contributed by atoms with E-state index in [-0.39, 0.29) is 16.5 Å². The molecular formula is C13H10F2NO3S+. The number of ether oxygens (including phenoxy) is 1. The van der Waals surface area contributed by atoms with E-state index < -0.39 is 23.4 Å². The first-order valence-electron chi connectivity index (χ1n) is 5.86. The minimum absolute atomic E-state index is 0.00944. The highest BCUT2D eigenvalue weighted by atomic mass is 32.2. The molecule has 0 saturated carbocycles. The summed E-state index contributed by atoms with van der Waals surface area (Å²) in [6.45, 7) is 1.87. The number of thioether (sulfide) groups is 1. The first kappa shape index (κ1) is 13.3. The Bertz CT molecular complexity index is 686. The van der Waals surface area contributed by atoms with Crippen LogP contribution < -0.4 is 4.90 Å². The van der Waals surface area contributed by atoms with Crippen molar-refractivity contribution in [2.24, 2.45) is 0 Å². The van der Waals surface area contributed by atoms with Crippen LogP contribution in [0, 0.1) is 11.6 Å². The van der Waals surface area contributed by atoms with E-state index in [1.807, 2.05) is 6.92 Å². The molecule has 3 rings (SSSR count). The van der Waals surface area contributed by atoms with Crippen LogP contribution in [-0.4, -0.2) is 24.2 Å². The van der Waals surface area contributed by atoms with E-state index in [2.05, 4.69) is 4.74 Å². The highest BCUT2D eigenvalue weighted by Crippen LogP contribution is 2.37. The quantitative estimate of drug-likeness (QED) is 0.624. The number of hydrogen-bond donors (Lipinski definition) is 1. The molecule has 0 radical (unpaired) electrons. The summed E-state index contributed by atoms with van der Waals surface area (Å²) in [5, 5.41) is 0.522. The van der Waals surface area contributed by atoms with Gasteiger partial charge in [0.1, 0.15) is 0 Å². The topological polar surface area (TPSA) is 47.8 Å². The number of carbonyl (C=O) groups is 2. The van der Waals surface area contributed by atoms with Crippen LogP contribution in [0.25, 0.3) is 0 Å². The smallest absolute Gasteiger partial charge is 0.348 e. The fourth-order valence-corrected chi connectivity index (χ4v) is 3.68. The molecule has 1 N–H and O–H groups in total. The summed E-state index contributed by atoms with van der Waals surface area (Å²) < 4.78 is 31.4. The number of esters is 1. The molecule has 0 aromatic heterocycles. The van der Waals surface area contributed by atoms with Crippen molar-refractivity contribution in [3.8, 4) is 0 Å². The minimum Gasteiger partial charge on any atom is -0.465 e. The van der Waals surface area contributed by atoms with E-state index in [1.165, 1.54) is 18.9 Å². The van der Waals surface area contributed by atoms with Gasteiger partial charge in [0.25, 0.3) is 0 Å². The van der Waals surface area contributed by atoms with Gasteiger partial charge in [-0.1, -0.05) is 0 Å². The van der Waals surface area contributed by atoms with Crippen LogP contribution in [0.3, 0.4) is 0 Å². The third-order valence-corrected chi connectivity index (χ3v) is 4.63. The maximum atomic E-state index is 13.4. The van der Waals surface area contributed by atoms with Gasteiger partial charge in [-0.05, 0) is 24.8 Å². The van der Waals surface area contributed by atoms with Crippen LogP contribution in [0.4, 0.5) is 14.5 Å². The second kappa shape index (κ2) is 4.39. The van der Waals surface area contributed by atoms with Crippen molar-refractivity contribution >= 4 is 29.2 Å². The SMILES string of the molecule is COC(=O)C1=C2SC(C)[NH+]2c2cc(F)c(F)cc2C1=O. The van der Waals surface area contributed by atoms with Crippen molar-refractivity contribution in [3.63, 3.8) is 0 Å². The average Bonchev–Trinajstić information content (AvgIpc) is 2.40. The maximum absolute atomic E-state index is 13.4. The molecule has 2 atom stereocenters. The number of fused-ring (bicyclic) bond motifs is 3. The molecule has 1 aromatic rings. The lowest BCUT2D eigenvalue weighted by molar-refractivity contribution is -0.806. The number of halogens is 2. The van der Waals surface area contributed by atoms with Crippen LogP contribution in [0.5, 0.6) is 0 Å². The molecule has 2 aliphatic heterocycles. The summed E-state index contributed by atoms with van der Waals surface area (Å²) in [7, 11) is 1.18. The highest BCUT2D eigenvalue weighted by molar-refractivity contribution is 8.04. The molecule has 2 unspecified atom stereocenters. The van der Waals surface area contributed by atoms with Gasteiger partial charge in [-0.2, -0.15) is 0 Å². The van der Waals surface area contributed by atoms with E-state index in [9.17, 15) is 18.4 Å². The number of rotatable bonds is 1. The molecule has 1 fully saturated rings. The van der Waals surface area contributed by atoms with Gasteiger partial charge in [-0.25, -0.2) is 13.6 Å². The van der Waals surface area contributed by atoms with E-state index in [0.29, 0.717) is 15.6 Å². The number of nitrogens with one attached hydrogen (secondary N) is 1. The lowest BCUT2D eigenvalue weighted by Crippen LogP contribution is -3.14. The van der Waals surface area contributed by atoms with Crippen LogP contribution >= 0.6 is 11.8 Å². The van der Waals surface area contributed by atoms with Crippen LogP contribution in [0.1, 0.15) is 17.3 Å². The number of quaternary nitrogens is 1. The van der Waals surface area contributed by atoms with E-state index in [4.69, 9.17) is 0 Å². The van der Waals surface area contributed by atoms with Gasteiger partial charge in [-0.3, -0.25) is 9.69 Å². The molecule has 0 amide bonds. The van der Waals surface area contributed by atoms with Crippen molar-refractivity contribution in [2.45, 2.75) is 12.3 Å². The Kier molecular flexibility index (Phi) is 2.91. The summed E-state index contributed by atoms with van der Waals surface area (Å²) in [5.74, 6) is -3.49. The Morgan fingerprint density at radius 2 is 2.00 bits per heavy atom. The summed E-state index contributed by atoms with van der Waals surface area (Å²) in [6, 6.07) is 1.86. The normalized spacial score (nSPS) is 23.9. The Balaban J connectivity index is 2.22. The number of hydrogen-bond acceptors (Lipinski definition) is 4. The maximum Gasteiger partial charge on any atom is 0.348 e. The second-order valence-electron chi connectivity index (χ2n) is 4.51. The average molecular weight is 298 g/mol. The van der Waals surface area contributed by atoms with Gasteiger partial charge in [-0.15, -0.1) is 0 Å². The van der Waals surface area contributed by atoms with Crippen LogP contribution in [0.15, 0.2) is 22.7 Å². The second-order valence-corrected chi connectivity index (χ2v) is 5.86. The largest absolute Gasteiger partial charge is 0.465 e. The molecule has 104 valence electrons. The fraction of sp³-hybridized carbons (Fsp3) is 0.231. The van der Waals surface area contributed by atoms with Gasteiger partial charge in [0.15, 0.2) is 33.3 Å². The molecular weight excluding hydrogens is 288 g/mol. The minimum atomic E-state index is -1.11. The zero-order valence-electron chi connectivity index (χ0n) is 10.6. The molecule has 0 aliphatic carbocycles. The Hall–Kier alpha value is -1.73. The number of carbonyl (C=O) groups excluding carboxylic acids is 2. The van der Waals surface area contributed by atoms with Crippen LogP contribution in [-0.2, 0) is 9.53 Å². The Morgan fingerprint density at radius 1 is 1.35 bits per heavy atom. The zero-order valence-corrected chi connectivity index (χ0v) is 11.4. The van der Waals surface area contributed by atoms with E-state index in [1.54, 1.807) is 0 Å². The first-order chi connectivity index (χ1) is 9.45. The van der Waals surface area contributed by atoms with Gasteiger partial charge in [0.2, 0.25) is 5.78 Å². The molecule has 1 aromatic carbocycles. The van der Waals surface area contributed by atoms with Crippen molar-refractivity contribution in [1.82, 2.24) is 0 Å². The summed E-state index contributed by atoms with van der Waals surface area (Å²) in [4.78, 5) is 24.7. The number of Topliss-reactive ketones (excluding diaryl/α,β-unsaturated/α-hetero) is 1. The van der Waals surface area contributed by atoms with Crippen LogP contribution in [0.2, 0.25) is 0 Å². The molecule has 0 bridgehead atoms. The van der Waals surface area contributed by atoms with Crippen molar-refractivity contribution < 1.29 is 28.0 Å². The lowest BCUT2D eigenvalue weighted by atomic mass is 9.97. The number of methoxy groups -OCH3 is 1. The van der Waals surface area contributed by atoms with Gasteiger partial charge in [0.05, 0.1) is 12.7 Å². The molecule has 1 saturated heterocycles. The first-order valence-corrected chi connectivity index (χ1v) is 6.74. The lowest BCUT2D eigenvalue weighted by Gasteiger charge is -2.39. The standard InChI is InChI=1S/C13H9F2NO3S/c1-5-16-9-4-8(15)7(14)3-6(9)11(17)10(12(16)20-5)13(18)19-2/h3-5H,1-2H3/p+1. The summed E-state index contributed by atoms with van der Waals surface area (Å²) in [5.41, 5.74) is 0.280. The fourth-order valence-electron chi connectivity index (χ4n) is 2.44. The number of benzene rings is 1. The Labute approximate surface area is 117 Å². The molecule has 20 heavy (non-hydrogen) atoms. The summed E-state index contributed by atoms with van der Waals surface area (Å²) >= 11 is 1.35.